The Kier molecular flexibility index (Phi) is 4.11. The molecular formula is C16H21N3O2. The zero-order valence-electron chi connectivity index (χ0n) is 13.2. The van der Waals surface area contributed by atoms with Gasteiger partial charge in [0.05, 0.1) is 12.1 Å². The molecule has 0 saturated carbocycles. The van der Waals surface area contributed by atoms with Gasteiger partial charge in [0.15, 0.2) is 5.89 Å². The molecule has 112 valence electrons. The first-order chi connectivity index (χ1) is 9.77. The third-order valence-electron chi connectivity index (χ3n) is 3.12. The minimum Gasteiger partial charge on any atom is -0.444 e. The predicted molar refractivity (Wildman–Crippen MR) is 81.2 cm³/mol. The molecule has 2 aromatic rings. The molecular weight excluding hydrogens is 266 g/mol. The quantitative estimate of drug-likeness (QED) is 0.941. The van der Waals surface area contributed by atoms with E-state index in [0.717, 1.165) is 11.3 Å². The number of rotatable bonds is 3. The van der Waals surface area contributed by atoms with Crippen LogP contribution in [0.15, 0.2) is 22.7 Å². The van der Waals surface area contributed by atoms with E-state index in [1.165, 1.54) is 0 Å². The molecule has 5 nitrogen and oxygen atoms in total. The van der Waals surface area contributed by atoms with Crippen LogP contribution in [-0.4, -0.2) is 15.9 Å². The van der Waals surface area contributed by atoms with Gasteiger partial charge in [0.25, 0.3) is 0 Å². The number of carbonyl (C=O) groups is 1. The fourth-order valence-corrected chi connectivity index (χ4v) is 1.85. The van der Waals surface area contributed by atoms with Crippen molar-refractivity contribution in [1.82, 2.24) is 9.97 Å². The Balaban J connectivity index is 2.10. The minimum atomic E-state index is -0.170. The van der Waals surface area contributed by atoms with Crippen LogP contribution < -0.4 is 5.32 Å². The van der Waals surface area contributed by atoms with Gasteiger partial charge in [-0.2, -0.15) is 0 Å². The van der Waals surface area contributed by atoms with Gasteiger partial charge in [0.2, 0.25) is 5.91 Å². The van der Waals surface area contributed by atoms with Crippen LogP contribution in [0.1, 0.15) is 43.7 Å². The molecule has 1 N–H and O–H groups in total. The number of anilines is 1. The van der Waals surface area contributed by atoms with E-state index < -0.39 is 0 Å². The molecule has 0 unspecified atom stereocenters. The lowest BCUT2D eigenvalue weighted by Gasteiger charge is -2.12. The maximum Gasteiger partial charge on any atom is 0.233 e. The summed E-state index contributed by atoms with van der Waals surface area (Å²) in [5.41, 5.74) is 1.51. The van der Waals surface area contributed by atoms with Crippen LogP contribution in [0.3, 0.4) is 0 Å². The van der Waals surface area contributed by atoms with Gasteiger partial charge in [0, 0.05) is 11.6 Å². The van der Waals surface area contributed by atoms with E-state index in [1.807, 2.05) is 46.8 Å². The van der Waals surface area contributed by atoms with Crippen LogP contribution in [-0.2, 0) is 16.6 Å². The monoisotopic (exact) mass is 287 g/mol. The Morgan fingerprint density at radius 2 is 2.05 bits per heavy atom. The topological polar surface area (TPSA) is 68.0 Å². The van der Waals surface area contributed by atoms with Crippen molar-refractivity contribution in [2.45, 2.75) is 46.5 Å². The first kappa shape index (κ1) is 15.2. The first-order valence-corrected chi connectivity index (χ1v) is 6.95. The van der Waals surface area contributed by atoms with Gasteiger partial charge in [-0.05, 0) is 25.5 Å². The normalized spacial score (nSPS) is 11.5. The van der Waals surface area contributed by atoms with E-state index in [-0.39, 0.29) is 17.7 Å². The molecule has 0 aromatic carbocycles. The van der Waals surface area contributed by atoms with E-state index in [4.69, 9.17) is 4.42 Å². The zero-order chi connectivity index (χ0) is 15.6. The zero-order valence-corrected chi connectivity index (χ0v) is 13.2. The lowest BCUT2D eigenvalue weighted by atomic mass is 9.97. The summed E-state index contributed by atoms with van der Waals surface area (Å²) in [6.07, 6.45) is 1.81. The summed E-state index contributed by atoms with van der Waals surface area (Å²) in [5.74, 6) is 1.68. The van der Waals surface area contributed by atoms with Crippen molar-refractivity contribution in [2.24, 2.45) is 0 Å². The highest BCUT2D eigenvalue weighted by molar-refractivity contribution is 5.91. The molecule has 0 aliphatic heterocycles. The van der Waals surface area contributed by atoms with Crippen LogP contribution in [0.25, 0.3) is 0 Å². The molecule has 1 amide bonds. The summed E-state index contributed by atoms with van der Waals surface area (Å²) in [5, 5.41) is 2.80. The summed E-state index contributed by atoms with van der Waals surface area (Å²) in [6.45, 7) is 9.84. The lowest BCUT2D eigenvalue weighted by molar-refractivity contribution is -0.115. The minimum absolute atomic E-state index is 0.156. The van der Waals surface area contributed by atoms with E-state index in [9.17, 15) is 4.79 Å². The molecule has 2 rings (SSSR count). The van der Waals surface area contributed by atoms with Crippen LogP contribution in [0.5, 0.6) is 0 Å². The number of oxazole rings is 1. The van der Waals surface area contributed by atoms with E-state index in [1.54, 1.807) is 6.20 Å². The van der Waals surface area contributed by atoms with Crippen molar-refractivity contribution in [2.75, 3.05) is 5.32 Å². The molecule has 0 fully saturated rings. The van der Waals surface area contributed by atoms with Gasteiger partial charge in [-0.25, -0.2) is 9.97 Å². The van der Waals surface area contributed by atoms with Crippen LogP contribution in [0.2, 0.25) is 0 Å². The standard InChI is InChI=1S/C16H21N3O2/c1-10-7-6-8-17-14(10)19-13(20)9-12-11(2)18-15(21-12)16(3,4)5/h6-8H,9H2,1-5H3,(H,17,19,20). The maximum atomic E-state index is 12.1. The van der Waals surface area contributed by atoms with Gasteiger partial charge in [0.1, 0.15) is 11.6 Å². The van der Waals surface area contributed by atoms with Crippen molar-refractivity contribution >= 4 is 11.7 Å². The van der Waals surface area contributed by atoms with Crippen LogP contribution in [0.4, 0.5) is 5.82 Å². The molecule has 0 aliphatic rings. The average molecular weight is 287 g/mol. The number of hydrogen-bond donors (Lipinski definition) is 1. The van der Waals surface area contributed by atoms with E-state index in [2.05, 4.69) is 15.3 Å². The van der Waals surface area contributed by atoms with Crippen molar-refractivity contribution in [3.05, 3.63) is 41.2 Å². The van der Waals surface area contributed by atoms with E-state index >= 15 is 0 Å². The smallest absolute Gasteiger partial charge is 0.233 e. The number of aryl methyl sites for hydroxylation is 2. The molecule has 0 atom stereocenters. The van der Waals surface area contributed by atoms with Crippen molar-refractivity contribution in [3.8, 4) is 0 Å². The summed E-state index contributed by atoms with van der Waals surface area (Å²) in [4.78, 5) is 20.7. The number of nitrogens with one attached hydrogen (secondary N) is 1. The Morgan fingerprint density at radius 3 is 2.62 bits per heavy atom. The number of amides is 1. The SMILES string of the molecule is Cc1cccnc1NC(=O)Cc1oc(C(C)(C)C)nc1C. The summed E-state index contributed by atoms with van der Waals surface area (Å²) in [6, 6.07) is 3.74. The highest BCUT2D eigenvalue weighted by Gasteiger charge is 2.23. The molecule has 5 heteroatoms. The molecule has 2 aromatic heterocycles. The average Bonchev–Trinajstić information content (AvgIpc) is 2.74. The number of hydrogen-bond acceptors (Lipinski definition) is 4. The summed E-state index contributed by atoms with van der Waals surface area (Å²) in [7, 11) is 0. The molecule has 0 spiro atoms. The Hall–Kier alpha value is -2.17. The molecule has 0 aliphatic carbocycles. The van der Waals surface area contributed by atoms with Crippen molar-refractivity contribution in [1.29, 1.82) is 0 Å². The predicted octanol–water partition coefficient (Wildman–Crippen LogP) is 3.17. The molecule has 0 bridgehead atoms. The van der Waals surface area contributed by atoms with Crippen LogP contribution in [0, 0.1) is 13.8 Å². The Bertz CT molecular complexity index is 654. The van der Waals surface area contributed by atoms with Gasteiger partial charge < -0.3 is 9.73 Å². The second kappa shape index (κ2) is 5.68. The van der Waals surface area contributed by atoms with Gasteiger partial charge in [-0.3, -0.25) is 4.79 Å². The first-order valence-electron chi connectivity index (χ1n) is 6.95. The van der Waals surface area contributed by atoms with Gasteiger partial charge in [-0.15, -0.1) is 0 Å². The number of pyridine rings is 1. The fourth-order valence-electron chi connectivity index (χ4n) is 1.85. The highest BCUT2D eigenvalue weighted by atomic mass is 16.4. The summed E-state index contributed by atoms with van der Waals surface area (Å²) < 4.78 is 5.73. The Labute approximate surface area is 124 Å². The second-order valence-corrected chi connectivity index (χ2v) is 6.17. The molecule has 21 heavy (non-hydrogen) atoms. The number of carbonyl (C=O) groups excluding carboxylic acids is 1. The lowest BCUT2D eigenvalue weighted by Crippen LogP contribution is -2.16. The van der Waals surface area contributed by atoms with E-state index in [0.29, 0.717) is 17.5 Å². The third-order valence-corrected chi connectivity index (χ3v) is 3.12. The third kappa shape index (κ3) is 3.68. The molecule has 0 radical (unpaired) electrons. The van der Waals surface area contributed by atoms with Crippen molar-refractivity contribution in [3.63, 3.8) is 0 Å². The molecule has 0 saturated heterocycles. The Morgan fingerprint density at radius 1 is 1.33 bits per heavy atom. The number of aromatic nitrogens is 2. The van der Waals surface area contributed by atoms with Gasteiger partial charge in [-0.1, -0.05) is 26.8 Å². The number of nitrogens with zero attached hydrogens (tertiary/aromatic N) is 2. The maximum absolute atomic E-state index is 12.1. The summed E-state index contributed by atoms with van der Waals surface area (Å²) >= 11 is 0. The highest BCUT2D eigenvalue weighted by Crippen LogP contribution is 2.24. The molecule has 2 heterocycles. The van der Waals surface area contributed by atoms with Gasteiger partial charge >= 0.3 is 0 Å². The fraction of sp³-hybridized carbons (Fsp3) is 0.438. The second-order valence-electron chi connectivity index (χ2n) is 6.17. The van der Waals surface area contributed by atoms with Crippen molar-refractivity contribution < 1.29 is 9.21 Å². The van der Waals surface area contributed by atoms with Crippen LogP contribution >= 0.6 is 0 Å². The largest absolute Gasteiger partial charge is 0.444 e.